The van der Waals surface area contributed by atoms with Gasteiger partial charge in [-0.15, -0.1) is 32.9 Å². The SMILES string of the molecule is CCc1nnc(CSc2nc3scc(-c4cccs4)c3c(=O)n2C)o1. The molecule has 0 spiro atoms. The van der Waals surface area contributed by atoms with Gasteiger partial charge in [-0.3, -0.25) is 9.36 Å². The highest BCUT2D eigenvalue weighted by molar-refractivity contribution is 7.98. The fraction of sp³-hybridized carbons (Fsp3) is 0.250. The van der Waals surface area contributed by atoms with E-state index in [4.69, 9.17) is 4.42 Å². The van der Waals surface area contributed by atoms with Gasteiger partial charge in [0.25, 0.3) is 5.56 Å². The van der Waals surface area contributed by atoms with Gasteiger partial charge in [-0.2, -0.15) is 0 Å². The Bertz CT molecular complexity index is 1080. The number of fused-ring (bicyclic) bond motifs is 1. The molecule has 0 bridgehead atoms. The Morgan fingerprint density at radius 3 is 2.84 bits per heavy atom. The lowest BCUT2D eigenvalue weighted by atomic mass is 10.2. The third-order valence-corrected chi connectivity index (χ3v) is 6.49. The summed E-state index contributed by atoms with van der Waals surface area (Å²) >= 11 is 4.54. The molecule has 128 valence electrons. The summed E-state index contributed by atoms with van der Waals surface area (Å²) in [6.07, 6.45) is 0.709. The lowest BCUT2D eigenvalue weighted by Crippen LogP contribution is -2.19. The van der Waals surface area contributed by atoms with Gasteiger partial charge in [-0.25, -0.2) is 4.98 Å². The molecular formula is C16H14N4O2S3. The molecule has 0 radical (unpaired) electrons. The predicted molar refractivity (Wildman–Crippen MR) is 101 cm³/mol. The van der Waals surface area contributed by atoms with Crippen LogP contribution in [0.1, 0.15) is 18.7 Å². The number of hydrogen-bond acceptors (Lipinski definition) is 8. The topological polar surface area (TPSA) is 73.8 Å². The third-order valence-electron chi connectivity index (χ3n) is 3.70. The molecule has 25 heavy (non-hydrogen) atoms. The Hall–Kier alpha value is -1.97. The van der Waals surface area contributed by atoms with Crippen LogP contribution < -0.4 is 5.56 Å². The van der Waals surface area contributed by atoms with E-state index in [1.807, 2.05) is 29.8 Å². The first-order chi connectivity index (χ1) is 12.2. The van der Waals surface area contributed by atoms with Gasteiger partial charge in [0.2, 0.25) is 11.8 Å². The standard InChI is InChI=1S/C16H14N4O2S3/c1-3-11-18-19-12(22-11)8-25-16-17-14-13(15(21)20(16)2)9(7-24-14)10-5-4-6-23-10/h4-7H,3,8H2,1-2H3. The minimum Gasteiger partial charge on any atom is -0.424 e. The second kappa shape index (κ2) is 6.74. The quantitative estimate of drug-likeness (QED) is 0.379. The van der Waals surface area contributed by atoms with Crippen LogP contribution in [0.2, 0.25) is 0 Å². The van der Waals surface area contributed by atoms with E-state index in [-0.39, 0.29) is 5.56 Å². The Kier molecular flexibility index (Phi) is 4.45. The Balaban J connectivity index is 1.69. The molecule has 0 unspecified atom stereocenters. The molecular weight excluding hydrogens is 376 g/mol. The van der Waals surface area contributed by atoms with Crippen molar-refractivity contribution < 1.29 is 4.42 Å². The maximum atomic E-state index is 12.9. The van der Waals surface area contributed by atoms with Crippen LogP contribution in [0.15, 0.2) is 37.3 Å². The molecule has 4 heterocycles. The summed E-state index contributed by atoms with van der Waals surface area (Å²) in [6.45, 7) is 1.96. The van der Waals surface area contributed by atoms with E-state index in [2.05, 4.69) is 15.2 Å². The number of thioether (sulfide) groups is 1. The number of aromatic nitrogens is 4. The zero-order chi connectivity index (χ0) is 17.4. The minimum atomic E-state index is -0.0306. The lowest BCUT2D eigenvalue weighted by molar-refractivity contribution is 0.469. The molecule has 4 aromatic heterocycles. The van der Waals surface area contributed by atoms with Crippen LogP contribution in [0, 0.1) is 0 Å². The molecule has 0 aliphatic carbocycles. The van der Waals surface area contributed by atoms with E-state index in [1.165, 1.54) is 23.1 Å². The second-order valence-electron chi connectivity index (χ2n) is 5.30. The van der Waals surface area contributed by atoms with E-state index >= 15 is 0 Å². The summed E-state index contributed by atoms with van der Waals surface area (Å²) in [7, 11) is 1.75. The zero-order valence-electron chi connectivity index (χ0n) is 13.6. The van der Waals surface area contributed by atoms with Gasteiger partial charge in [0.15, 0.2) is 5.16 Å². The van der Waals surface area contributed by atoms with Gasteiger partial charge in [-0.1, -0.05) is 24.8 Å². The monoisotopic (exact) mass is 390 g/mol. The molecule has 0 saturated heterocycles. The molecule has 0 N–H and O–H groups in total. The van der Waals surface area contributed by atoms with Crippen molar-refractivity contribution in [1.29, 1.82) is 0 Å². The van der Waals surface area contributed by atoms with E-state index in [1.54, 1.807) is 23.0 Å². The van der Waals surface area contributed by atoms with Gasteiger partial charge >= 0.3 is 0 Å². The molecule has 4 aromatic rings. The van der Waals surface area contributed by atoms with E-state index < -0.39 is 0 Å². The Labute approximate surface area is 155 Å². The zero-order valence-corrected chi connectivity index (χ0v) is 16.0. The normalized spacial score (nSPS) is 11.4. The average Bonchev–Trinajstić information content (AvgIpc) is 3.36. The van der Waals surface area contributed by atoms with Crippen molar-refractivity contribution in [2.45, 2.75) is 24.3 Å². The van der Waals surface area contributed by atoms with Crippen LogP contribution in [-0.2, 0) is 19.2 Å². The van der Waals surface area contributed by atoms with Crippen molar-refractivity contribution in [2.24, 2.45) is 7.05 Å². The van der Waals surface area contributed by atoms with Crippen molar-refractivity contribution in [1.82, 2.24) is 19.7 Å². The van der Waals surface area contributed by atoms with Crippen molar-refractivity contribution in [3.63, 3.8) is 0 Å². The second-order valence-corrected chi connectivity index (χ2v) is 8.05. The van der Waals surface area contributed by atoms with E-state index in [0.29, 0.717) is 34.5 Å². The van der Waals surface area contributed by atoms with Gasteiger partial charge < -0.3 is 4.42 Å². The fourth-order valence-electron chi connectivity index (χ4n) is 2.41. The summed E-state index contributed by atoms with van der Waals surface area (Å²) in [5.41, 5.74) is 0.932. The van der Waals surface area contributed by atoms with Crippen molar-refractivity contribution >= 4 is 44.7 Å². The average molecular weight is 391 g/mol. The number of rotatable bonds is 5. The lowest BCUT2D eigenvalue weighted by Gasteiger charge is -2.06. The Morgan fingerprint density at radius 1 is 1.28 bits per heavy atom. The van der Waals surface area contributed by atoms with E-state index in [0.717, 1.165) is 15.3 Å². The first-order valence-electron chi connectivity index (χ1n) is 7.63. The Morgan fingerprint density at radius 2 is 2.12 bits per heavy atom. The maximum absolute atomic E-state index is 12.9. The molecule has 0 atom stereocenters. The molecule has 9 heteroatoms. The summed E-state index contributed by atoms with van der Waals surface area (Å²) in [4.78, 5) is 19.4. The van der Waals surface area contributed by atoms with Gasteiger partial charge in [0.1, 0.15) is 4.83 Å². The van der Waals surface area contributed by atoms with Crippen LogP contribution >= 0.6 is 34.4 Å². The molecule has 0 aliphatic heterocycles. The fourth-order valence-corrected chi connectivity index (χ4v) is 5.02. The van der Waals surface area contributed by atoms with Crippen LogP contribution in [0.3, 0.4) is 0 Å². The number of thiophene rings is 2. The summed E-state index contributed by atoms with van der Waals surface area (Å²) in [6, 6.07) is 4.01. The number of hydrogen-bond donors (Lipinski definition) is 0. The molecule has 4 rings (SSSR count). The smallest absolute Gasteiger partial charge is 0.263 e. The van der Waals surface area contributed by atoms with Gasteiger partial charge in [0, 0.05) is 29.3 Å². The maximum Gasteiger partial charge on any atom is 0.263 e. The van der Waals surface area contributed by atoms with Crippen molar-refractivity contribution in [3.8, 4) is 10.4 Å². The van der Waals surface area contributed by atoms with Gasteiger partial charge in [-0.05, 0) is 11.4 Å². The van der Waals surface area contributed by atoms with Crippen molar-refractivity contribution in [3.05, 3.63) is 45.0 Å². The molecule has 0 fully saturated rings. The molecule has 0 aromatic carbocycles. The van der Waals surface area contributed by atoms with Crippen LogP contribution in [0.4, 0.5) is 0 Å². The first kappa shape index (κ1) is 16.5. The molecule has 0 aliphatic rings. The highest BCUT2D eigenvalue weighted by atomic mass is 32.2. The summed E-state index contributed by atoms with van der Waals surface area (Å²) < 4.78 is 7.10. The number of nitrogens with zero attached hydrogens (tertiary/aromatic N) is 4. The van der Waals surface area contributed by atoms with Crippen molar-refractivity contribution in [2.75, 3.05) is 0 Å². The third kappa shape index (κ3) is 3.03. The number of aryl methyl sites for hydroxylation is 1. The van der Waals surface area contributed by atoms with Crippen LogP contribution in [-0.4, -0.2) is 19.7 Å². The predicted octanol–water partition coefficient (Wildman–Crippen LogP) is 3.96. The highest BCUT2D eigenvalue weighted by Crippen LogP contribution is 2.34. The molecule has 0 amide bonds. The highest BCUT2D eigenvalue weighted by Gasteiger charge is 2.17. The molecule has 0 saturated carbocycles. The van der Waals surface area contributed by atoms with Crippen LogP contribution in [0.25, 0.3) is 20.7 Å². The summed E-state index contributed by atoms with van der Waals surface area (Å²) in [5, 5.41) is 13.3. The summed E-state index contributed by atoms with van der Waals surface area (Å²) in [5.74, 6) is 1.65. The van der Waals surface area contributed by atoms with Crippen LogP contribution in [0.5, 0.6) is 0 Å². The first-order valence-corrected chi connectivity index (χ1v) is 10.4. The molecule has 6 nitrogen and oxygen atoms in total. The van der Waals surface area contributed by atoms with Gasteiger partial charge in [0.05, 0.1) is 11.1 Å². The minimum absolute atomic E-state index is 0.0306. The largest absolute Gasteiger partial charge is 0.424 e. The van der Waals surface area contributed by atoms with E-state index in [9.17, 15) is 4.79 Å².